The van der Waals surface area contributed by atoms with Crippen molar-refractivity contribution < 1.29 is 4.52 Å². The number of halogens is 1. The van der Waals surface area contributed by atoms with Gasteiger partial charge in [0.1, 0.15) is 0 Å². The van der Waals surface area contributed by atoms with Gasteiger partial charge in [0.15, 0.2) is 4.34 Å². The van der Waals surface area contributed by atoms with Gasteiger partial charge in [0.05, 0.1) is 10.8 Å². The monoisotopic (exact) mass is 365 g/mol. The van der Waals surface area contributed by atoms with Crippen LogP contribution >= 0.6 is 34.7 Å². The van der Waals surface area contributed by atoms with Crippen LogP contribution in [0.15, 0.2) is 45.8 Å². The minimum Gasteiger partial charge on any atom is -0.357 e. The van der Waals surface area contributed by atoms with Crippen molar-refractivity contribution in [2.45, 2.75) is 10.1 Å². The van der Waals surface area contributed by atoms with E-state index in [4.69, 9.17) is 16.1 Å². The first kappa shape index (κ1) is 16.0. The van der Waals surface area contributed by atoms with Crippen molar-refractivity contribution in [3.8, 4) is 11.4 Å². The van der Waals surface area contributed by atoms with Gasteiger partial charge in [0.25, 0.3) is 0 Å². The van der Waals surface area contributed by atoms with Gasteiger partial charge in [0.2, 0.25) is 16.8 Å². The molecule has 9 heteroatoms. The Morgan fingerprint density at radius 1 is 1.35 bits per heavy atom. The van der Waals surface area contributed by atoms with Crippen LogP contribution in [-0.2, 0) is 5.75 Å². The maximum absolute atomic E-state index is 6.13. The molecule has 0 spiro atoms. The Morgan fingerprint density at radius 3 is 3.04 bits per heavy atom. The number of hydrogen-bond acceptors (Lipinski definition) is 8. The molecule has 0 aliphatic heterocycles. The maximum Gasteiger partial charge on any atom is 0.237 e. The van der Waals surface area contributed by atoms with Gasteiger partial charge >= 0.3 is 0 Å². The summed E-state index contributed by atoms with van der Waals surface area (Å²) in [5, 5.41) is 16.5. The minimum atomic E-state index is 0.483. The van der Waals surface area contributed by atoms with E-state index in [1.165, 1.54) is 23.1 Å². The largest absolute Gasteiger partial charge is 0.357 e. The highest BCUT2D eigenvalue weighted by Gasteiger charge is 2.12. The van der Waals surface area contributed by atoms with Crippen molar-refractivity contribution in [3.63, 3.8) is 0 Å². The highest BCUT2D eigenvalue weighted by atomic mass is 35.5. The first-order valence-corrected chi connectivity index (χ1v) is 8.83. The molecule has 118 valence electrons. The van der Waals surface area contributed by atoms with Crippen molar-refractivity contribution >= 4 is 39.8 Å². The first-order valence-electron chi connectivity index (χ1n) is 6.65. The number of rotatable bonds is 7. The second-order valence-electron chi connectivity index (χ2n) is 4.32. The molecule has 0 saturated carbocycles. The second-order valence-corrected chi connectivity index (χ2v) is 6.93. The fraction of sp³-hybridized carbons (Fsp3) is 0.143. The molecule has 23 heavy (non-hydrogen) atoms. The Kier molecular flexibility index (Phi) is 5.27. The van der Waals surface area contributed by atoms with Crippen molar-refractivity contribution in [2.24, 2.45) is 0 Å². The van der Waals surface area contributed by atoms with Crippen molar-refractivity contribution in [2.75, 3.05) is 11.9 Å². The predicted octanol–water partition coefficient (Wildman–Crippen LogP) is 4.13. The van der Waals surface area contributed by atoms with Gasteiger partial charge in [-0.25, -0.2) is 0 Å². The Hall–Kier alpha value is -1.90. The Balaban J connectivity index is 1.62. The van der Waals surface area contributed by atoms with E-state index in [2.05, 4.69) is 32.2 Å². The fourth-order valence-electron chi connectivity index (χ4n) is 1.69. The molecule has 2 aromatic heterocycles. The molecular weight excluding hydrogens is 354 g/mol. The van der Waals surface area contributed by atoms with Gasteiger partial charge in [-0.1, -0.05) is 58.1 Å². The van der Waals surface area contributed by atoms with Crippen LogP contribution in [-0.4, -0.2) is 26.9 Å². The molecule has 6 nitrogen and oxygen atoms in total. The van der Waals surface area contributed by atoms with Crippen LogP contribution in [0.1, 0.15) is 5.89 Å². The summed E-state index contributed by atoms with van der Waals surface area (Å²) in [4.78, 5) is 4.36. The normalized spacial score (nSPS) is 10.7. The molecule has 0 atom stereocenters. The number of aromatic nitrogens is 4. The fourth-order valence-corrected chi connectivity index (χ4v) is 3.50. The van der Waals surface area contributed by atoms with E-state index in [1.54, 1.807) is 12.1 Å². The van der Waals surface area contributed by atoms with E-state index in [0.29, 0.717) is 29.0 Å². The third kappa shape index (κ3) is 4.10. The summed E-state index contributed by atoms with van der Waals surface area (Å²) < 4.78 is 6.08. The van der Waals surface area contributed by atoms with E-state index >= 15 is 0 Å². The number of hydrogen-bond donors (Lipinski definition) is 1. The lowest BCUT2D eigenvalue weighted by molar-refractivity contribution is 0.391. The Morgan fingerprint density at radius 2 is 2.22 bits per heavy atom. The van der Waals surface area contributed by atoms with Crippen LogP contribution in [0.4, 0.5) is 5.13 Å². The molecule has 0 radical (unpaired) electrons. The molecule has 1 N–H and O–H groups in total. The molecule has 1 aromatic carbocycles. The Labute approximate surface area is 146 Å². The molecule has 2 heterocycles. The van der Waals surface area contributed by atoms with Gasteiger partial charge in [0, 0.05) is 12.1 Å². The molecule has 0 fully saturated rings. The van der Waals surface area contributed by atoms with E-state index in [-0.39, 0.29) is 0 Å². The lowest BCUT2D eigenvalue weighted by atomic mass is 10.2. The van der Waals surface area contributed by atoms with E-state index < -0.39 is 0 Å². The minimum absolute atomic E-state index is 0.483. The summed E-state index contributed by atoms with van der Waals surface area (Å²) in [6.45, 7) is 4.30. The van der Waals surface area contributed by atoms with Crippen molar-refractivity contribution in [1.82, 2.24) is 20.3 Å². The van der Waals surface area contributed by atoms with Crippen LogP contribution in [0, 0.1) is 0 Å². The van der Waals surface area contributed by atoms with Gasteiger partial charge in [-0.15, -0.1) is 16.8 Å². The Bertz CT molecular complexity index is 804. The molecule has 0 bridgehead atoms. The summed E-state index contributed by atoms with van der Waals surface area (Å²) in [6.07, 6.45) is 1.77. The zero-order chi connectivity index (χ0) is 16.1. The highest BCUT2D eigenvalue weighted by Crippen LogP contribution is 2.29. The van der Waals surface area contributed by atoms with E-state index in [0.717, 1.165) is 15.0 Å². The van der Waals surface area contributed by atoms with E-state index in [9.17, 15) is 0 Å². The molecule has 0 aliphatic carbocycles. The zero-order valence-electron chi connectivity index (χ0n) is 11.9. The average Bonchev–Trinajstić information content (AvgIpc) is 3.21. The average molecular weight is 366 g/mol. The lowest BCUT2D eigenvalue weighted by Crippen LogP contribution is -1.96. The lowest BCUT2D eigenvalue weighted by Gasteiger charge is -1.95. The molecule has 0 unspecified atom stereocenters. The molecule has 0 aliphatic rings. The van der Waals surface area contributed by atoms with Crippen LogP contribution in [0.2, 0.25) is 5.02 Å². The van der Waals surface area contributed by atoms with Crippen molar-refractivity contribution in [1.29, 1.82) is 0 Å². The molecule has 0 saturated heterocycles. The summed E-state index contributed by atoms with van der Waals surface area (Å²) >= 11 is 9.09. The van der Waals surface area contributed by atoms with Crippen LogP contribution in [0.5, 0.6) is 0 Å². The first-order chi connectivity index (χ1) is 11.3. The molecule has 0 amide bonds. The third-order valence-electron chi connectivity index (χ3n) is 2.71. The van der Waals surface area contributed by atoms with Gasteiger partial charge in [-0.2, -0.15) is 4.98 Å². The number of nitrogens with one attached hydrogen (secondary N) is 1. The molecule has 3 rings (SSSR count). The SMILES string of the molecule is C=CCNc1nnc(SCc2nc(-c3ccccc3Cl)no2)s1. The predicted molar refractivity (Wildman–Crippen MR) is 92.9 cm³/mol. The maximum atomic E-state index is 6.13. The smallest absolute Gasteiger partial charge is 0.237 e. The number of nitrogens with zero attached hydrogens (tertiary/aromatic N) is 4. The molecule has 3 aromatic rings. The summed E-state index contributed by atoms with van der Waals surface area (Å²) in [5.74, 6) is 1.52. The zero-order valence-corrected chi connectivity index (χ0v) is 14.3. The summed E-state index contributed by atoms with van der Waals surface area (Å²) in [6, 6.07) is 7.38. The number of thioether (sulfide) groups is 1. The topological polar surface area (TPSA) is 76.7 Å². The van der Waals surface area contributed by atoms with Crippen LogP contribution < -0.4 is 5.32 Å². The van der Waals surface area contributed by atoms with Crippen LogP contribution in [0.25, 0.3) is 11.4 Å². The quantitative estimate of drug-likeness (QED) is 0.498. The highest BCUT2D eigenvalue weighted by molar-refractivity contribution is 8.00. The summed E-state index contributed by atoms with van der Waals surface area (Å²) in [5.41, 5.74) is 0.751. The van der Waals surface area contributed by atoms with Gasteiger partial charge < -0.3 is 9.84 Å². The number of benzene rings is 1. The third-order valence-corrected chi connectivity index (χ3v) is 5.03. The summed E-state index contributed by atoms with van der Waals surface area (Å²) in [7, 11) is 0. The van der Waals surface area contributed by atoms with Gasteiger partial charge in [-0.05, 0) is 12.1 Å². The molecular formula is C14H12ClN5OS2. The second kappa shape index (κ2) is 7.58. The van der Waals surface area contributed by atoms with Gasteiger partial charge in [-0.3, -0.25) is 0 Å². The van der Waals surface area contributed by atoms with Crippen LogP contribution in [0.3, 0.4) is 0 Å². The standard InChI is InChI=1S/C14H12ClN5OS2/c1-2-7-16-13-18-19-14(23-13)22-8-11-17-12(20-21-11)9-5-3-4-6-10(9)15/h2-6H,1,7-8H2,(H,16,18). The number of anilines is 1. The van der Waals surface area contributed by atoms with E-state index in [1.807, 2.05) is 18.2 Å². The van der Waals surface area contributed by atoms with Crippen molar-refractivity contribution in [3.05, 3.63) is 47.8 Å².